The van der Waals surface area contributed by atoms with E-state index in [9.17, 15) is 9.59 Å². The zero-order valence-electron chi connectivity index (χ0n) is 16.5. The molecule has 3 aliphatic carbocycles. The molecule has 0 aromatic heterocycles. The molecule has 7 atom stereocenters. The highest BCUT2D eigenvalue weighted by Gasteiger charge is 2.61. The zero-order chi connectivity index (χ0) is 18.7. The third-order valence-corrected chi connectivity index (χ3v) is 8.57. The molecule has 26 heavy (non-hydrogen) atoms. The van der Waals surface area contributed by atoms with Crippen molar-refractivity contribution in [3.63, 3.8) is 0 Å². The summed E-state index contributed by atoms with van der Waals surface area (Å²) in [6.07, 6.45) is 10.5. The molecule has 0 spiro atoms. The minimum absolute atomic E-state index is 0.0562. The maximum absolute atomic E-state index is 12.9. The van der Waals surface area contributed by atoms with E-state index in [1.807, 2.05) is 0 Å². The van der Waals surface area contributed by atoms with E-state index in [1.54, 1.807) is 20.2 Å². The van der Waals surface area contributed by atoms with Crippen LogP contribution < -0.4 is 5.32 Å². The van der Waals surface area contributed by atoms with Crippen LogP contribution in [0.1, 0.15) is 52.4 Å². The molecule has 2 unspecified atom stereocenters. The van der Waals surface area contributed by atoms with E-state index >= 15 is 0 Å². The predicted molar refractivity (Wildman–Crippen MR) is 98.7 cm³/mol. The summed E-state index contributed by atoms with van der Waals surface area (Å²) < 4.78 is 0. The second-order valence-electron chi connectivity index (χ2n) is 9.41. The quantitative estimate of drug-likeness (QED) is 0.770. The molecule has 144 valence electrons. The minimum atomic E-state index is 0.0562. The van der Waals surface area contributed by atoms with Gasteiger partial charge in [0, 0.05) is 24.4 Å². The molecule has 1 N–H and O–H groups in total. The second kappa shape index (κ2) is 6.08. The van der Waals surface area contributed by atoms with E-state index in [2.05, 4.69) is 25.2 Å². The first kappa shape index (κ1) is 18.0. The van der Waals surface area contributed by atoms with Gasteiger partial charge in [0.15, 0.2) is 0 Å². The van der Waals surface area contributed by atoms with Gasteiger partial charge in [-0.2, -0.15) is 0 Å². The Morgan fingerprint density at radius 3 is 2.69 bits per heavy atom. The normalized spacial score (nSPS) is 46.8. The fourth-order valence-corrected chi connectivity index (χ4v) is 7.05. The lowest BCUT2D eigenvalue weighted by Gasteiger charge is -2.58. The van der Waals surface area contributed by atoms with Crippen LogP contribution in [0.5, 0.6) is 0 Å². The molecule has 1 aliphatic heterocycles. The summed E-state index contributed by atoms with van der Waals surface area (Å²) in [4.78, 5) is 29.9. The maximum Gasteiger partial charge on any atom is 0.249 e. The van der Waals surface area contributed by atoms with Gasteiger partial charge in [0.2, 0.25) is 11.8 Å². The maximum atomic E-state index is 12.9. The largest absolute Gasteiger partial charge is 0.349 e. The van der Waals surface area contributed by atoms with Gasteiger partial charge in [0.1, 0.15) is 0 Å². The van der Waals surface area contributed by atoms with Crippen LogP contribution in [0.25, 0.3) is 0 Å². The van der Waals surface area contributed by atoms with Gasteiger partial charge in [-0.1, -0.05) is 19.9 Å². The van der Waals surface area contributed by atoms with Crippen molar-refractivity contribution in [2.45, 2.75) is 58.4 Å². The van der Waals surface area contributed by atoms with Gasteiger partial charge >= 0.3 is 0 Å². The highest BCUT2D eigenvalue weighted by molar-refractivity contribution is 5.89. The number of hydrogen-bond acceptors (Lipinski definition) is 3. The third-order valence-electron chi connectivity index (χ3n) is 8.57. The number of hydroxylamine groups is 2. The Kier molecular flexibility index (Phi) is 4.22. The Morgan fingerprint density at radius 2 is 1.96 bits per heavy atom. The highest BCUT2D eigenvalue weighted by Crippen LogP contribution is 2.65. The lowest BCUT2D eigenvalue weighted by atomic mass is 9.48. The molecule has 5 heteroatoms. The summed E-state index contributed by atoms with van der Waals surface area (Å²) in [6.45, 7) is 4.68. The lowest BCUT2D eigenvalue weighted by Crippen LogP contribution is -2.59. The standard InChI is InChI=1S/C21H32N2O3/c1-20-11-9-15-13(5-8-17-21(15,2)12-10-18(24)22-17)14(20)6-7-16(20)19(25)23(3)26-4/h10,12-17H,5-9,11H2,1-4H3,(H,22,24)/t13-,14-,15+,16?,17?,20-,21+/m0/s1. The summed E-state index contributed by atoms with van der Waals surface area (Å²) >= 11 is 0. The number of nitrogens with one attached hydrogen (secondary N) is 1. The summed E-state index contributed by atoms with van der Waals surface area (Å²) in [7, 11) is 3.29. The molecule has 4 aliphatic rings. The number of fused-ring (bicyclic) bond motifs is 5. The fourth-order valence-electron chi connectivity index (χ4n) is 7.05. The first-order valence-electron chi connectivity index (χ1n) is 10.1. The molecule has 0 aromatic rings. The Balaban J connectivity index is 1.61. The highest BCUT2D eigenvalue weighted by atomic mass is 16.7. The molecule has 5 nitrogen and oxygen atoms in total. The molecule has 0 aromatic carbocycles. The van der Waals surface area contributed by atoms with E-state index in [0.717, 1.165) is 32.1 Å². The SMILES string of the molecule is CON(C)C(=O)C1CC[C@H]2[C@@H]3CCC4NC(=O)C=C[C@]4(C)[C@@H]3CC[C@]12C. The van der Waals surface area contributed by atoms with Gasteiger partial charge < -0.3 is 5.32 Å². The van der Waals surface area contributed by atoms with Crippen molar-refractivity contribution in [1.82, 2.24) is 10.4 Å². The van der Waals surface area contributed by atoms with Crippen LogP contribution in [0.3, 0.4) is 0 Å². The number of carbonyl (C=O) groups is 2. The van der Waals surface area contributed by atoms with E-state index < -0.39 is 0 Å². The van der Waals surface area contributed by atoms with Gasteiger partial charge in [-0.15, -0.1) is 0 Å². The smallest absolute Gasteiger partial charge is 0.249 e. The van der Waals surface area contributed by atoms with E-state index in [4.69, 9.17) is 4.84 Å². The summed E-state index contributed by atoms with van der Waals surface area (Å²) in [5.41, 5.74) is 0.138. The van der Waals surface area contributed by atoms with Crippen molar-refractivity contribution >= 4 is 11.8 Å². The van der Waals surface area contributed by atoms with Crippen molar-refractivity contribution in [3.05, 3.63) is 12.2 Å². The van der Waals surface area contributed by atoms with Crippen molar-refractivity contribution in [1.29, 1.82) is 0 Å². The van der Waals surface area contributed by atoms with Crippen molar-refractivity contribution < 1.29 is 14.4 Å². The predicted octanol–water partition coefficient (Wildman–Crippen LogP) is 2.92. The summed E-state index contributed by atoms with van der Waals surface area (Å²) in [5.74, 6) is 2.13. The first-order chi connectivity index (χ1) is 12.3. The average Bonchev–Trinajstić information content (AvgIpc) is 2.98. The Morgan fingerprint density at radius 1 is 1.19 bits per heavy atom. The van der Waals surface area contributed by atoms with Gasteiger partial charge in [-0.05, 0) is 67.8 Å². The summed E-state index contributed by atoms with van der Waals surface area (Å²) in [6, 6.07) is 0.268. The minimum Gasteiger partial charge on any atom is -0.349 e. The molecule has 3 saturated carbocycles. The topological polar surface area (TPSA) is 58.6 Å². The Hall–Kier alpha value is -1.36. The Bertz CT molecular complexity index is 647. The van der Waals surface area contributed by atoms with Crippen LogP contribution in [0, 0.1) is 34.5 Å². The van der Waals surface area contributed by atoms with Crippen LogP contribution >= 0.6 is 0 Å². The molecule has 3 fully saturated rings. The number of carbonyl (C=O) groups excluding carboxylic acids is 2. The second-order valence-corrected chi connectivity index (χ2v) is 9.41. The molecular formula is C21H32N2O3. The summed E-state index contributed by atoms with van der Waals surface area (Å²) in [5, 5.41) is 4.63. The van der Waals surface area contributed by atoms with Crippen LogP contribution in [0.15, 0.2) is 12.2 Å². The molecule has 0 bridgehead atoms. The van der Waals surface area contributed by atoms with E-state index in [1.165, 1.54) is 11.5 Å². The van der Waals surface area contributed by atoms with Gasteiger partial charge in [0.05, 0.1) is 7.11 Å². The number of amides is 2. The number of rotatable bonds is 2. The molecular weight excluding hydrogens is 328 g/mol. The van der Waals surface area contributed by atoms with E-state index in [-0.39, 0.29) is 34.6 Å². The molecule has 0 radical (unpaired) electrons. The fraction of sp³-hybridized carbons (Fsp3) is 0.810. The first-order valence-corrected chi connectivity index (χ1v) is 10.1. The Labute approximate surface area is 156 Å². The zero-order valence-corrected chi connectivity index (χ0v) is 16.5. The number of hydrogen-bond donors (Lipinski definition) is 1. The van der Waals surface area contributed by atoms with Crippen molar-refractivity contribution in [2.75, 3.05) is 14.2 Å². The molecule has 2 amide bonds. The van der Waals surface area contributed by atoms with Gasteiger partial charge in [0.25, 0.3) is 0 Å². The third kappa shape index (κ3) is 2.39. The van der Waals surface area contributed by atoms with Gasteiger partial charge in [-0.25, -0.2) is 5.06 Å². The van der Waals surface area contributed by atoms with Crippen molar-refractivity contribution in [2.24, 2.45) is 34.5 Å². The van der Waals surface area contributed by atoms with Crippen LogP contribution in [0.2, 0.25) is 0 Å². The molecule has 1 heterocycles. The monoisotopic (exact) mass is 360 g/mol. The number of nitrogens with zero attached hydrogens (tertiary/aromatic N) is 1. The lowest BCUT2D eigenvalue weighted by molar-refractivity contribution is -0.179. The average molecular weight is 360 g/mol. The van der Waals surface area contributed by atoms with Crippen LogP contribution in [-0.4, -0.2) is 37.1 Å². The van der Waals surface area contributed by atoms with Gasteiger partial charge in [-0.3, -0.25) is 14.4 Å². The van der Waals surface area contributed by atoms with Crippen molar-refractivity contribution in [3.8, 4) is 0 Å². The van der Waals surface area contributed by atoms with E-state index in [0.29, 0.717) is 17.8 Å². The van der Waals surface area contributed by atoms with Crippen LogP contribution in [0.4, 0.5) is 0 Å². The van der Waals surface area contributed by atoms with Crippen LogP contribution in [-0.2, 0) is 14.4 Å². The molecule has 0 saturated heterocycles. The molecule has 4 rings (SSSR count).